The summed E-state index contributed by atoms with van der Waals surface area (Å²) in [5.74, 6) is -0.157. The van der Waals surface area contributed by atoms with Gasteiger partial charge in [0.05, 0.1) is 0 Å². The monoisotopic (exact) mass is 203 g/mol. The second-order valence-electron chi connectivity index (χ2n) is 2.50. The van der Waals surface area contributed by atoms with Crippen molar-refractivity contribution >= 4 is 39.5 Å². The quantitative estimate of drug-likeness (QED) is 0.630. The van der Waals surface area contributed by atoms with Gasteiger partial charge in [0.25, 0.3) is 0 Å². The fraction of sp³-hybridized carbons (Fsp3) is 0.286. The highest BCUT2D eigenvalue weighted by Crippen LogP contribution is 2.18. The van der Waals surface area contributed by atoms with E-state index in [1.54, 1.807) is 0 Å². The maximum absolute atomic E-state index is 7.11. The molecule has 3 nitrogen and oxygen atoms in total. The number of hydrogen-bond donors (Lipinski definition) is 1. The smallest absolute Gasteiger partial charge is 0.244 e. The molecule has 0 fully saturated rings. The van der Waals surface area contributed by atoms with Gasteiger partial charge in [0.15, 0.2) is 0 Å². The lowest BCUT2D eigenvalue weighted by Gasteiger charge is -2.09. The van der Waals surface area contributed by atoms with Gasteiger partial charge in [-0.15, -0.1) is 0 Å². The SMILES string of the molecule is CC(C)=C1C(Cl)=NC(=N)N=C1Cl. The van der Waals surface area contributed by atoms with Crippen molar-refractivity contribution in [2.24, 2.45) is 9.98 Å². The highest BCUT2D eigenvalue weighted by Gasteiger charge is 2.17. The zero-order valence-corrected chi connectivity index (χ0v) is 8.16. The molecule has 0 aromatic heterocycles. The summed E-state index contributed by atoms with van der Waals surface area (Å²) in [6.07, 6.45) is 0. The van der Waals surface area contributed by atoms with Gasteiger partial charge < -0.3 is 0 Å². The number of rotatable bonds is 0. The molecule has 1 aliphatic rings. The molecule has 0 amide bonds. The van der Waals surface area contributed by atoms with E-state index in [0.717, 1.165) is 5.57 Å². The summed E-state index contributed by atoms with van der Waals surface area (Å²) >= 11 is 11.5. The molecule has 1 aliphatic heterocycles. The Hall–Kier alpha value is -0.670. The van der Waals surface area contributed by atoms with Crippen molar-refractivity contribution in [1.82, 2.24) is 0 Å². The number of guanidine groups is 1. The van der Waals surface area contributed by atoms with Crippen LogP contribution < -0.4 is 0 Å². The largest absolute Gasteiger partial charge is 0.265 e. The molecule has 1 N–H and O–H groups in total. The first-order valence-electron chi connectivity index (χ1n) is 3.27. The molecule has 0 radical (unpaired) electrons. The van der Waals surface area contributed by atoms with E-state index < -0.39 is 0 Å². The van der Waals surface area contributed by atoms with Crippen LogP contribution in [0, 0.1) is 5.41 Å². The molecule has 0 bridgehead atoms. The minimum atomic E-state index is -0.157. The van der Waals surface area contributed by atoms with Gasteiger partial charge in [-0.2, -0.15) is 9.98 Å². The molecule has 0 aliphatic carbocycles. The average molecular weight is 204 g/mol. The number of nitrogens with zero attached hydrogens (tertiary/aromatic N) is 2. The number of allylic oxidation sites excluding steroid dienone is 2. The second kappa shape index (κ2) is 3.37. The molecule has 0 saturated carbocycles. The Morgan fingerprint density at radius 3 is 1.92 bits per heavy atom. The molecule has 0 aromatic carbocycles. The number of nitrogens with one attached hydrogen (secondary N) is 1. The van der Waals surface area contributed by atoms with E-state index >= 15 is 0 Å². The van der Waals surface area contributed by atoms with Gasteiger partial charge in [0, 0.05) is 5.57 Å². The van der Waals surface area contributed by atoms with Gasteiger partial charge in [-0.25, -0.2) is 0 Å². The zero-order valence-electron chi connectivity index (χ0n) is 6.65. The Bertz CT molecular complexity index is 298. The third-order valence-electron chi connectivity index (χ3n) is 1.32. The maximum atomic E-state index is 7.11. The van der Waals surface area contributed by atoms with Crippen molar-refractivity contribution in [2.75, 3.05) is 0 Å². The van der Waals surface area contributed by atoms with Crippen LogP contribution in [0.15, 0.2) is 21.1 Å². The zero-order chi connectivity index (χ0) is 9.30. The molecule has 0 unspecified atom stereocenters. The van der Waals surface area contributed by atoms with E-state index in [9.17, 15) is 0 Å². The Balaban J connectivity index is 3.22. The topological polar surface area (TPSA) is 48.6 Å². The molecule has 12 heavy (non-hydrogen) atoms. The van der Waals surface area contributed by atoms with E-state index in [4.69, 9.17) is 28.6 Å². The Morgan fingerprint density at radius 2 is 1.58 bits per heavy atom. The standard InChI is InChI=1S/C7H7Cl2N3/c1-3(2)4-5(8)11-7(10)12-6(4)9/h10H,1-2H3. The predicted molar refractivity (Wildman–Crippen MR) is 52.7 cm³/mol. The lowest BCUT2D eigenvalue weighted by Crippen LogP contribution is -2.13. The van der Waals surface area contributed by atoms with Crippen LogP contribution in [0.4, 0.5) is 0 Å². The van der Waals surface area contributed by atoms with E-state index in [1.807, 2.05) is 13.8 Å². The first-order valence-corrected chi connectivity index (χ1v) is 4.03. The summed E-state index contributed by atoms with van der Waals surface area (Å²) in [6.45, 7) is 3.72. The van der Waals surface area contributed by atoms with Crippen molar-refractivity contribution in [3.63, 3.8) is 0 Å². The molecular formula is C7H7Cl2N3. The van der Waals surface area contributed by atoms with Crippen molar-refractivity contribution in [1.29, 1.82) is 5.41 Å². The van der Waals surface area contributed by atoms with Crippen LogP contribution in [0.2, 0.25) is 0 Å². The third kappa shape index (κ3) is 1.73. The van der Waals surface area contributed by atoms with Crippen LogP contribution in [-0.2, 0) is 0 Å². The van der Waals surface area contributed by atoms with Crippen molar-refractivity contribution in [2.45, 2.75) is 13.8 Å². The minimum Gasteiger partial charge on any atom is -0.265 e. The van der Waals surface area contributed by atoms with Crippen LogP contribution in [-0.4, -0.2) is 16.3 Å². The van der Waals surface area contributed by atoms with Crippen LogP contribution >= 0.6 is 23.2 Å². The van der Waals surface area contributed by atoms with Crippen LogP contribution in [0.1, 0.15) is 13.8 Å². The van der Waals surface area contributed by atoms with Crippen molar-refractivity contribution in [3.05, 3.63) is 11.1 Å². The summed E-state index contributed by atoms with van der Waals surface area (Å²) in [7, 11) is 0. The van der Waals surface area contributed by atoms with Crippen LogP contribution in [0.3, 0.4) is 0 Å². The number of hydrogen-bond acceptors (Lipinski definition) is 1. The third-order valence-corrected chi connectivity index (χ3v) is 1.87. The summed E-state index contributed by atoms with van der Waals surface area (Å²) < 4.78 is 0. The second-order valence-corrected chi connectivity index (χ2v) is 3.22. The molecule has 0 aromatic rings. The van der Waals surface area contributed by atoms with E-state index in [0.29, 0.717) is 5.57 Å². The predicted octanol–water partition coefficient (Wildman–Crippen LogP) is 2.55. The first kappa shape index (κ1) is 9.42. The van der Waals surface area contributed by atoms with Gasteiger partial charge >= 0.3 is 0 Å². The fourth-order valence-electron chi connectivity index (χ4n) is 0.820. The number of aliphatic imine (C=N–C) groups is 2. The lowest BCUT2D eigenvalue weighted by atomic mass is 10.2. The molecular weight excluding hydrogens is 197 g/mol. The highest BCUT2D eigenvalue weighted by molar-refractivity contribution is 6.83. The molecule has 64 valence electrons. The molecule has 1 heterocycles. The van der Waals surface area contributed by atoms with Crippen molar-refractivity contribution in [3.8, 4) is 0 Å². The van der Waals surface area contributed by atoms with Crippen molar-refractivity contribution < 1.29 is 0 Å². The molecule has 0 saturated heterocycles. The number of halogens is 2. The summed E-state index contributed by atoms with van der Waals surface area (Å²) in [5.41, 5.74) is 1.55. The summed E-state index contributed by atoms with van der Waals surface area (Å²) in [5, 5.41) is 7.59. The molecule has 0 atom stereocenters. The van der Waals surface area contributed by atoms with Gasteiger partial charge in [-0.3, -0.25) is 5.41 Å². The van der Waals surface area contributed by atoms with E-state index in [2.05, 4.69) is 9.98 Å². The van der Waals surface area contributed by atoms with E-state index in [-0.39, 0.29) is 16.3 Å². The van der Waals surface area contributed by atoms with Gasteiger partial charge in [0.1, 0.15) is 10.3 Å². The minimum absolute atomic E-state index is 0.157. The fourth-order valence-corrected chi connectivity index (χ4v) is 1.59. The normalized spacial score (nSPS) is 17.3. The molecule has 0 spiro atoms. The Morgan fingerprint density at radius 1 is 1.17 bits per heavy atom. The van der Waals surface area contributed by atoms with Gasteiger partial charge in [0.2, 0.25) is 5.96 Å². The van der Waals surface area contributed by atoms with E-state index in [1.165, 1.54) is 0 Å². The van der Waals surface area contributed by atoms with Crippen LogP contribution in [0.5, 0.6) is 0 Å². The Kier molecular flexibility index (Phi) is 2.65. The molecule has 5 heteroatoms. The molecule has 1 rings (SSSR count). The van der Waals surface area contributed by atoms with Gasteiger partial charge in [-0.1, -0.05) is 28.8 Å². The average Bonchev–Trinajstić information content (AvgIpc) is 1.82. The lowest BCUT2D eigenvalue weighted by molar-refractivity contribution is 1.33. The Labute approximate surface area is 80.3 Å². The van der Waals surface area contributed by atoms with Crippen LogP contribution in [0.25, 0.3) is 0 Å². The maximum Gasteiger partial charge on any atom is 0.244 e. The first-order chi connectivity index (χ1) is 5.52. The highest BCUT2D eigenvalue weighted by atomic mass is 35.5. The summed E-state index contributed by atoms with van der Waals surface area (Å²) in [6, 6.07) is 0. The van der Waals surface area contributed by atoms with Gasteiger partial charge in [-0.05, 0) is 13.8 Å². The summed E-state index contributed by atoms with van der Waals surface area (Å²) in [4.78, 5) is 7.34.